The van der Waals surface area contributed by atoms with Gasteiger partial charge in [0.15, 0.2) is 11.6 Å². The zero-order chi connectivity index (χ0) is 18.8. The third-order valence-electron chi connectivity index (χ3n) is 2.89. The highest BCUT2D eigenvalue weighted by molar-refractivity contribution is 6.17. The number of esters is 3. The number of methoxy groups -OCH3 is 3. The molecule has 0 aromatic heterocycles. The van der Waals surface area contributed by atoms with Crippen molar-refractivity contribution < 1.29 is 37.7 Å². The molecule has 1 aromatic rings. The van der Waals surface area contributed by atoms with Crippen LogP contribution >= 0.6 is 0 Å². The second-order valence-electron chi connectivity index (χ2n) is 4.44. The van der Waals surface area contributed by atoms with Crippen LogP contribution in [0.2, 0.25) is 0 Å². The van der Waals surface area contributed by atoms with E-state index in [1.807, 2.05) is 0 Å². The van der Waals surface area contributed by atoms with Crippen LogP contribution in [0.15, 0.2) is 35.9 Å². The Bertz CT molecular complexity index is 689. The Labute approximate surface area is 143 Å². The lowest BCUT2D eigenvalue weighted by atomic mass is 10.1. The Morgan fingerprint density at radius 2 is 1.68 bits per heavy atom. The molecule has 8 heteroatoms. The molecule has 0 saturated carbocycles. The minimum Gasteiger partial charge on any atom is -0.486 e. The molecule has 0 radical (unpaired) electrons. The average Bonchev–Trinajstić information content (AvgIpc) is 2.63. The van der Waals surface area contributed by atoms with E-state index in [-0.39, 0.29) is 17.9 Å². The highest BCUT2D eigenvalue weighted by atomic mass is 19.1. The highest BCUT2D eigenvalue weighted by Gasteiger charge is 2.21. The Hall–Kier alpha value is -3.16. The molecule has 7 nitrogen and oxygen atoms in total. The molecule has 0 aliphatic carbocycles. The summed E-state index contributed by atoms with van der Waals surface area (Å²) in [6.07, 6.45) is 3.54. The summed E-state index contributed by atoms with van der Waals surface area (Å²) in [5.74, 6) is -3.38. The number of halogens is 1. The average molecular weight is 352 g/mol. The van der Waals surface area contributed by atoms with Crippen molar-refractivity contribution in [2.45, 2.75) is 0 Å². The van der Waals surface area contributed by atoms with Crippen LogP contribution < -0.4 is 4.74 Å². The molecule has 0 aliphatic rings. The second kappa shape index (κ2) is 9.86. The summed E-state index contributed by atoms with van der Waals surface area (Å²) in [6, 6.07) is 3.96. The van der Waals surface area contributed by atoms with Crippen LogP contribution in [-0.2, 0) is 28.6 Å². The van der Waals surface area contributed by atoms with Gasteiger partial charge in [-0.2, -0.15) is 0 Å². The Morgan fingerprint density at radius 3 is 2.24 bits per heavy atom. The first-order valence-corrected chi connectivity index (χ1v) is 6.98. The van der Waals surface area contributed by atoms with E-state index in [1.54, 1.807) is 0 Å². The van der Waals surface area contributed by atoms with Crippen LogP contribution in [0.25, 0.3) is 6.08 Å². The van der Waals surface area contributed by atoms with Gasteiger partial charge < -0.3 is 18.9 Å². The lowest BCUT2D eigenvalue weighted by Gasteiger charge is -2.10. The van der Waals surface area contributed by atoms with Gasteiger partial charge in [0.1, 0.15) is 12.2 Å². The van der Waals surface area contributed by atoms with Gasteiger partial charge in [-0.1, -0.05) is 12.1 Å². The minimum absolute atomic E-state index is 0.122. The van der Waals surface area contributed by atoms with E-state index >= 15 is 0 Å². The van der Waals surface area contributed by atoms with Crippen molar-refractivity contribution in [1.82, 2.24) is 0 Å². The molecule has 0 atom stereocenters. The summed E-state index contributed by atoms with van der Waals surface area (Å²) in [6.45, 7) is -0.136. The number of rotatable bonds is 7. The van der Waals surface area contributed by atoms with E-state index < -0.39 is 29.3 Å². The third-order valence-corrected chi connectivity index (χ3v) is 2.89. The molecule has 0 bridgehead atoms. The van der Waals surface area contributed by atoms with Gasteiger partial charge in [-0.15, -0.1) is 0 Å². The zero-order valence-corrected chi connectivity index (χ0v) is 13.9. The number of carbonyl (C=O) groups excluding carboxylic acids is 3. The van der Waals surface area contributed by atoms with Gasteiger partial charge in [-0.25, -0.2) is 18.8 Å². The summed E-state index contributed by atoms with van der Waals surface area (Å²) >= 11 is 0. The van der Waals surface area contributed by atoms with E-state index in [4.69, 9.17) is 4.74 Å². The molecule has 0 spiro atoms. The lowest BCUT2D eigenvalue weighted by molar-refractivity contribution is -0.144. The summed E-state index contributed by atoms with van der Waals surface area (Å²) in [5, 5.41) is 0. The van der Waals surface area contributed by atoms with Crippen molar-refractivity contribution in [3.05, 3.63) is 47.3 Å². The molecule has 0 unspecified atom stereocenters. The van der Waals surface area contributed by atoms with Crippen LogP contribution in [0.5, 0.6) is 5.75 Å². The van der Waals surface area contributed by atoms with Crippen LogP contribution in [0.4, 0.5) is 4.39 Å². The minimum atomic E-state index is -0.937. The molecular formula is C17H17FO7. The van der Waals surface area contributed by atoms with E-state index in [2.05, 4.69) is 14.2 Å². The molecule has 25 heavy (non-hydrogen) atoms. The highest BCUT2D eigenvalue weighted by Crippen LogP contribution is 2.25. The number of hydrogen-bond acceptors (Lipinski definition) is 7. The van der Waals surface area contributed by atoms with Crippen molar-refractivity contribution in [2.75, 3.05) is 27.9 Å². The first-order chi connectivity index (χ1) is 11.9. The molecule has 1 aromatic carbocycles. The predicted molar refractivity (Wildman–Crippen MR) is 85.1 cm³/mol. The van der Waals surface area contributed by atoms with Crippen molar-refractivity contribution in [3.8, 4) is 5.75 Å². The van der Waals surface area contributed by atoms with Gasteiger partial charge in [0.2, 0.25) is 0 Å². The van der Waals surface area contributed by atoms with Gasteiger partial charge in [-0.05, 0) is 18.2 Å². The molecule has 0 heterocycles. The molecule has 0 N–H and O–H groups in total. The number of ether oxygens (including phenoxy) is 4. The fourth-order valence-corrected chi connectivity index (χ4v) is 1.71. The van der Waals surface area contributed by atoms with Crippen molar-refractivity contribution in [2.24, 2.45) is 0 Å². The van der Waals surface area contributed by atoms with Crippen molar-refractivity contribution in [1.29, 1.82) is 0 Å². The first-order valence-electron chi connectivity index (χ1n) is 6.98. The van der Waals surface area contributed by atoms with Crippen molar-refractivity contribution in [3.63, 3.8) is 0 Å². The fraction of sp³-hybridized carbons (Fsp3) is 0.235. The maximum absolute atomic E-state index is 14.0. The van der Waals surface area contributed by atoms with Crippen LogP contribution in [-0.4, -0.2) is 45.8 Å². The van der Waals surface area contributed by atoms with E-state index in [9.17, 15) is 18.8 Å². The van der Waals surface area contributed by atoms with Crippen LogP contribution in [0.1, 0.15) is 5.56 Å². The maximum Gasteiger partial charge on any atom is 0.345 e. The summed E-state index contributed by atoms with van der Waals surface area (Å²) in [7, 11) is 3.41. The SMILES string of the molecule is COC(=O)/C=C/COc1c(F)cccc1C=C(C(=O)OC)C(=O)OC. The molecule has 1 rings (SSSR count). The van der Waals surface area contributed by atoms with Crippen LogP contribution in [0.3, 0.4) is 0 Å². The fourth-order valence-electron chi connectivity index (χ4n) is 1.71. The van der Waals surface area contributed by atoms with Crippen molar-refractivity contribution >= 4 is 24.0 Å². The van der Waals surface area contributed by atoms with E-state index in [0.29, 0.717) is 0 Å². The molecule has 0 fully saturated rings. The van der Waals surface area contributed by atoms with Gasteiger partial charge in [0.25, 0.3) is 0 Å². The van der Waals surface area contributed by atoms with Gasteiger partial charge in [0, 0.05) is 11.6 Å². The number of benzene rings is 1. The zero-order valence-electron chi connectivity index (χ0n) is 13.9. The molecule has 0 aliphatic heterocycles. The molecule has 0 amide bonds. The first kappa shape index (κ1) is 19.9. The van der Waals surface area contributed by atoms with Gasteiger partial charge >= 0.3 is 17.9 Å². The monoisotopic (exact) mass is 352 g/mol. The van der Waals surface area contributed by atoms with Gasteiger partial charge in [-0.3, -0.25) is 0 Å². The third kappa shape index (κ3) is 5.76. The van der Waals surface area contributed by atoms with Gasteiger partial charge in [0.05, 0.1) is 21.3 Å². The van der Waals surface area contributed by atoms with Crippen LogP contribution in [0, 0.1) is 5.82 Å². The quantitative estimate of drug-likeness (QED) is 0.242. The van der Waals surface area contributed by atoms with E-state index in [1.165, 1.54) is 25.3 Å². The smallest absolute Gasteiger partial charge is 0.345 e. The lowest BCUT2D eigenvalue weighted by Crippen LogP contribution is -2.15. The number of para-hydroxylation sites is 1. The topological polar surface area (TPSA) is 88.1 Å². The Morgan fingerprint density at radius 1 is 1.04 bits per heavy atom. The normalized spacial score (nSPS) is 10.1. The standard InChI is InChI=1S/C17H17FO7/c1-22-14(19)8-5-9-25-15-11(6-4-7-13(15)18)10-12(16(20)23-2)17(21)24-3/h4-8,10H,9H2,1-3H3/b8-5+. The second-order valence-corrected chi connectivity index (χ2v) is 4.44. The summed E-state index contributed by atoms with van der Waals surface area (Å²) < 4.78 is 32.7. The molecule has 134 valence electrons. The Balaban J connectivity index is 3.14. The predicted octanol–water partition coefficient (Wildman–Crippen LogP) is 1.66. The van der Waals surface area contributed by atoms with E-state index in [0.717, 1.165) is 32.4 Å². The molecular weight excluding hydrogens is 335 g/mol. The summed E-state index contributed by atoms with van der Waals surface area (Å²) in [5.41, 5.74) is -0.303. The largest absolute Gasteiger partial charge is 0.486 e. The number of hydrogen-bond donors (Lipinski definition) is 0. The maximum atomic E-state index is 14.0. The Kier molecular flexibility index (Phi) is 7.85. The number of carbonyl (C=O) groups is 3. The molecule has 0 saturated heterocycles. The summed E-state index contributed by atoms with van der Waals surface area (Å²) in [4.78, 5) is 34.4.